The summed E-state index contributed by atoms with van der Waals surface area (Å²) in [6.45, 7) is 6.31. The third-order valence-corrected chi connectivity index (χ3v) is 12.4. The van der Waals surface area contributed by atoms with Crippen LogP contribution in [0.25, 0.3) is 0 Å². The third-order valence-electron chi connectivity index (χ3n) is 12.0. The SMILES string of the molecule is Cc1c(C2CCC(=O)NC2=O)ccc(N2CCC3(CCN(C(=O)c4ccc([C@@H]5C[C@H](Nc6cnn(C)c(=O)c6Cl)CN(C)C5)cc4)CC3)CC2)c1F. The molecule has 11 nitrogen and oxygen atoms in total. The number of carbonyl (C=O) groups is 3. The Balaban J connectivity index is 0.923. The Bertz CT molecular complexity index is 1920. The van der Waals surface area contributed by atoms with Crippen molar-refractivity contribution in [2.45, 2.75) is 69.7 Å². The monoisotopic (exact) mass is 731 g/mol. The number of likely N-dealkylation sites (tertiary alicyclic amines) is 2. The van der Waals surface area contributed by atoms with Crippen molar-refractivity contribution in [3.63, 3.8) is 0 Å². The van der Waals surface area contributed by atoms with Gasteiger partial charge in [0.25, 0.3) is 11.5 Å². The molecular formula is C39H47ClFN7O4. The molecule has 3 amide bonds. The summed E-state index contributed by atoms with van der Waals surface area (Å²) < 4.78 is 16.9. The van der Waals surface area contributed by atoms with E-state index >= 15 is 4.39 Å². The van der Waals surface area contributed by atoms with Gasteiger partial charge in [0.2, 0.25) is 11.8 Å². The second-order valence-corrected chi connectivity index (χ2v) is 15.7. The Hall–Kier alpha value is -4.29. The van der Waals surface area contributed by atoms with Gasteiger partial charge in [0.05, 0.1) is 23.5 Å². The van der Waals surface area contributed by atoms with Crippen LogP contribution >= 0.6 is 11.6 Å². The van der Waals surface area contributed by atoms with Crippen LogP contribution in [0.4, 0.5) is 15.8 Å². The van der Waals surface area contributed by atoms with E-state index in [-0.39, 0.29) is 57.9 Å². The van der Waals surface area contributed by atoms with Crippen molar-refractivity contribution < 1.29 is 18.8 Å². The summed E-state index contributed by atoms with van der Waals surface area (Å²) in [6, 6.07) is 11.7. The van der Waals surface area contributed by atoms with Gasteiger partial charge in [-0.3, -0.25) is 24.5 Å². The number of carbonyl (C=O) groups excluding carboxylic acids is 3. The summed E-state index contributed by atoms with van der Waals surface area (Å²) in [5.74, 6) is -1.13. The van der Waals surface area contributed by atoms with E-state index in [0.717, 1.165) is 58.3 Å². The molecule has 0 radical (unpaired) electrons. The molecule has 52 heavy (non-hydrogen) atoms. The van der Waals surface area contributed by atoms with E-state index in [0.29, 0.717) is 47.6 Å². The summed E-state index contributed by atoms with van der Waals surface area (Å²) in [5, 5.41) is 10.1. The van der Waals surface area contributed by atoms with Gasteiger partial charge >= 0.3 is 0 Å². The number of benzene rings is 2. The molecule has 5 heterocycles. The molecule has 4 aliphatic rings. The molecule has 0 aliphatic carbocycles. The normalized spacial score (nSPS) is 23.8. The van der Waals surface area contributed by atoms with Crippen molar-refractivity contribution in [1.82, 2.24) is 24.9 Å². The molecule has 4 aliphatic heterocycles. The van der Waals surface area contributed by atoms with Crippen LogP contribution < -0.4 is 21.1 Å². The fourth-order valence-electron chi connectivity index (χ4n) is 8.78. The van der Waals surface area contributed by atoms with Gasteiger partial charge in [0.15, 0.2) is 0 Å². The molecule has 276 valence electrons. The predicted molar refractivity (Wildman–Crippen MR) is 198 cm³/mol. The third kappa shape index (κ3) is 7.19. The summed E-state index contributed by atoms with van der Waals surface area (Å²) in [6.07, 6.45) is 6.83. The lowest BCUT2D eigenvalue weighted by Gasteiger charge is -2.47. The first-order valence-electron chi connectivity index (χ1n) is 18.3. The molecule has 4 fully saturated rings. The van der Waals surface area contributed by atoms with E-state index in [1.54, 1.807) is 26.2 Å². The summed E-state index contributed by atoms with van der Waals surface area (Å²) in [4.78, 5) is 56.2. The van der Waals surface area contributed by atoms with Gasteiger partial charge in [-0.2, -0.15) is 5.10 Å². The largest absolute Gasteiger partial charge is 0.378 e. The van der Waals surface area contributed by atoms with E-state index < -0.39 is 5.92 Å². The molecule has 0 bridgehead atoms. The lowest BCUT2D eigenvalue weighted by Crippen LogP contribution is -2.48. The molecule has 3 aromatic rings. The first-order valence-corrected chi connectivity index (χ1v) is 18.7. The highest BCUT2D eigenvalue weighted by Gasteiger charge is 2.40. The summed E-state index contributed by atoms with van der Waals surface area (Å²) in [7, 11) is 3.65. The molecule has 13 heteroatoms. The van der Waals surface area contributed by atoms with Crippen LogP contribution in [-0.2, 0) is 16.6 Å². The fraction of sp³-hybridized carbons (Fsp3) is 0.513. The van der Waals surface area contributed by atoms with Gasteiger partial charge < -0.3 is 20.0 Å². The number of piperidine rings is 4. The van der Waals surface area contributed by atoms with E-state index in [1.807, 2.05) is 23.1 Å². The minimum atomic E-state index is -0.510. The Morgan fingerprint density at radius 2 is 1.67 bits per heavy atom. The maximum atomic E-state index is 15.7. The number of amides is 3. The Morgan fingerprint density at radius 3 is 2.37 bits per heavy atom. The number of imide groups is 1. The Morgan fingerprint density at radius 1 is 0.981 bits per heavy atom. The minimum Gasteiger partial charge on any atom is -0.378 e. The van der Waals surface area contributed by atoms with Crippen LogP contribution in [0.1, 0.15) is 83.8 Å². The van der Waals surface area contributed by atoms with Crippen molar-refractivity contribution in [1.29, 1.82) is 0 Å². The van der Waals surface area contributed by atoms with Gasteiger partial charge in [-0.1, -0.05) is 29.8 Å². The number of nitrogens with zero attached hydrogens (tertiary/aromatic N) is 5. The zero-order valence-corrected chi connectivity index (χ0v) is 30.8. The first kappa shape index (κ1) is 36.1. The fourth-order valence-corrected chi connectivity index (χ4v) is 9.01. The molecule has 0 saturated carbocycles. The van der Waals surface area contributed by atoms with Crippen LogP contribution in [0.3, 0.4) is 0 Å². The quantitative estimate of drug-likeness (QED) is 0.347. The zero-order chi connectivity index (χ0) is 36.7. The van der Waals surface area contributed by atoms with E-state index in [9.17, 15) is 19.2 Å². The highest BCUT2D eigenvalue weighted by atomic mass is 35.5. The van der Waals surface area contributed by atoms with Crippen molar-refractivity contribution in [2.75, 3.05) is 56.5 Å². The number of hydrogen-bond donors (Lipinski definition) is 2. The van der Waals surface area contributed by atoms with Gasteiger partial charge in [0.1, 0.15) is 10.8 Å². The number of anilines is 2. The molecule has 1 unspecified atom stereocenters. The van der Waals surface area contributed by atoms with Gasteiger partial charge in [-0.15, -0.1) is 0 Å². The highest BCUT2D eigenvalue weighted by Crippen LogP contribution is 2.43. The average Bonchev–Trinajstić information content (AvgIpc) is 3.14. The van der Waals surface area contributed by atoms with E-state index in [2.05, 4.69) is 44.7 Å². The topological polar surface area (TPSA) is 120 Å². The van der Waals surface area contributed by atoms with Crippen molar-refractivity contribution in [3.8, 4) is 0 Å². The lowest BCUT2D eigenvalue weighted by molar-refractivity contribution is -0.134. The van der Waals surface area contributed by atoms with Crippen LogP contribution in [0, 0.1) is 18.2 Å². The molecule has 4 saturated heterocycles. The second kappa shape index (κ2) is 14.6. The van der Waals surface area contributed by atoms with Crippen molar-refractivity contribution in [3.05, 3.63) is 86.0 Å². The number of halogens is 2. The van der Waals surface area contributed by atoms with Crippen molar-refractivity contribution in [2.24, 2.45) is 12.5 Å². The maximum absolute atomic E-state index is 15.7. The minimum absolute atomic E-state index is 0.0561. The molecule has 2 N–H and O–H groups in total. The van der Waals surface area contributed by atoms with Gasteiger partial charge in [0, 0.05) is 64.3 Å². The maximum Gasteiger partial charge on any atom is 0.287 e. The highest BCUT2D eigenvalue weighted by molar-refractivity contribution is 6.32. The standard InChI is InChI=1S/C39H47ClFN7O4/c1-24-29(30-9-11-33(49)44-36(30)50)8-10-32(35(24)41)47-16-12-39(13-17-47)14-18-48(19-15-39)37(51)26-6-4-25(5-7-26)27-20-28(23-45(2)22-27)43-31-21-42-46(3)38(52)34(31)40/h4-8,10,21,27-28,30,43H,9,11-20,22-23H2,1-3H3,(H,44,49,50)/t27-,28+,30?/m1/s1. The number of hydrogen-bond acceptors (Lipinski definition) is 8. The number of nitrogens with one attached hydrogen (secondary N) is 2. The van der Waals surface area contributed by atoms with E-state index in [4.69, 9.17) is 11.6 Å². The molecular weight excluding hydrogens is 685 g/mol. The lowest BCUT2D eigenvalue weighted by atomic mass is 9.71. The Kier molecular flexibility index (Phi) is 10.1. The van der Waals surface area contributed by atoms with Crippen LogP contribution in [-0.4, -0.2) is 89.7 Å². The molecule has 2 aromatic carbocycles. The number of rotatable bonds is 6. The van der Waals surface area contributed by atoms with Gasteiger partial charge in [-0.25, -0.2) is 9.07 Å². The molecule has 3 atom stereocenters. The predicted octanol–water partition coefficient (Wildman–Crippen LogP) is 4.82. The van der Waals surface area contributed by atoms with Gasteiger partial charge in [-0.05, 0) is 98.7 Å². The second-order valence-electron chi connectivity index (χ2n) is 15.3. The smallest absolute Gasteiger partial charge is 0.287 e. The average molecular weight is 732 g/mol. The van der Waals surface area contributed by atoms with Crippen molar-refractivity contribution >= 4 is 40.7 Å². The molecule has 1 aromatic heterocycles. The zero-order valence-electron chi connectivity index (χ0n) is 30.1. The number of likely N-dealkylation sites (N-methyl/N-ethyl adjacent to an activating group) is 1. The Labute approximate surface area is 308 Å². The van der Waals surface area contributed by atoms with Crippen LogP contribution in [0.5, 0.6) is 0 Å². The summed E-state index contributed by atoms with van der Waals surface area (Å²) in [5.41, 5.74) is 3.90. The molecule has 1 spiro atoms. The number of aryl methyl sites for hydroxylation is 1. The summed E-state index contributed by atoms with van der Waals surface area (Å²) >= 11 is 6.32. The van der Waals surface area contributed by atoms with E-state index in [1.165, 1.54) is 10.2 Å². The molecule has 7 rings (SSSR count). The van der Waals surface area contributed by atoms with Crippen LogP contribution in [0.15, 0.2) is 47.4 Å². The number of aromatic nitrogens is 2. The van der Waals surface area contributed by atoms with Crippen LogP contribution in [0.2, 0.25) is 5.02 Å². The first-order chi connectivity index (χ1) is 24.9.